The van der Waals surface area contributed by atoms with E-state index in [9.17, 15) is 9.59 Å². The normalized spacial score (nSPS) is 11.9. The molecule has 0 heterocycles. The number of benzene rings is 1. The highest BCUT2D eigenvalue weighted by Gasteiger charge is 2.25. The molecule has 0 bridgehead atoms. The first-order chi connectivity index (χ1) is 10.9. The third-order valence-electron chi connectivity index (χ3n) is 3.55. The van der Waals surface area contributed by atoms with E-state index in [0.29, 0.717) is 13.0 Å². The van der Waals surface area contributed by atoms with E-state index >= 15 is 0 Å². The van der Waals surface area contributed by atoms with Gasteiger partial charge < -0.3 is 15.0 Å². The summed E-state index contributed by atoms with van der Waals surface area (Å²) in [5, 5.41) is 2.87. The Hall–Kier alpha value is -2.04. The van der Waals surface area contributed by atoms with Gasteiger partial charge in [0.1, 0.15) is 11.8 Å². The highest BCUT2D eigenvalue weighted by atomic mass is 16.5. The molecule has 0 saturated carbocycles. The number of nitrogens with one attached hydrogen (secondary N) is 1. The molecule has 1 aromatic carbocycles. The predicted molar refractivity (Wildman–Crippen MR) is 91.2 cm³/mol. The van der Waals surface area contributed by atoms with Crippen LogP contribution < -0.4 is 10.1 Å². The summed E-state index contributed by atoms with van der Waals surface area (Å²) >= 11 is 0. The Kier molecular flexibility index (Phi) is 7.59. The van der Waals surface area contributed by atoms with E-state index in [-0.39, 0.29) is 17.9 Å². The van der Waals surface area contributed by atoms with Gasteiger partial charge >= 0.3 is 0 Å². The Morgan fingerprint density at radius 2 is 1.96 bits per heavy atom. The van der Waals surface area contributed by atoms with Crippen LogP contribution >= 0.6 is 0 Å². The van der Waals surface area contributed by atoms with Crippen molar-refractivity contribution >= 4 is 11.8 Å². The molecule has 0 aliphatic heterocycles. The molecule has 0 aliphatic carbocycles. The van der Waals surface area contributed by atoms with Crippen molar-refractivity contribution in [3.8, 4) is 5.75 Å². The first-order valence-electron chi connectivity index (χ1n) is 8.11. The van der Waals surface area contributed by atoms with Crippen LogP contribution in [0.2, 0.25) is 0 Å². The largest absolute Gasteiger partial charge is 0.497 e. The number of amides is 2. The van der Waals surface area contributed by atoms with Crippen LogP contribution in [-0.4, -0.2) is 35.9 Å². The van der Waals surface area contributed by atoms with Crippen LogP contribution in [0.15, 0.2) is 24.3 Å². The molecule has 1 rings (SSSR count). The first kappa shape index (κ1) is 19.0. The van der Waals surface area contributed by atoms with Crippen LogP contribution in [0.3, 0.4) is 0 Å². The lowest BCUT2D eigenvalue weighted by Gasteiger charge is -2.29. The van der Waals surface area contributed by atoms with Gasteiger partial charge in [-0.1, -0.05) is 19.1 Å². The van der Waals surface area contributed by atoms with Crippen LogP contribution in [0, 0.1) is 0 Å². The van der Waals surface area contributed by atoms with E-state index in [4.69, 9.17) is 4.74 Å². The molecule has 1 aromatic rings. The zero-order chi connectivity index (χ0) is 17.4. The summed E-state index contributed by atoms with van der Waals surface area (Å²) in [4.78, 5) is 26.4. The third-order valence-corrected chi connectivity index (χ3v) is 3.55. The van der Waals surface area contributed by atoms with Crippen molar-refractivity contribution in [3.05, 3.63) is 29.8 Å². The maximum Gasteiger partial charge on any atom is 0.242 e. The number of hydrogen-bond acceptors (Lipinski definition) is 3. The molecule has 1 atom stereocenters. The predicted octanol–water partition coefficient (Wildman–Crippen LogP) is 2.74. The molecule has 0 spiro atoms. The lowest BCUT2D eigenvalue weighted by atomic mass is 10.1. The third kappa shape index (κ3) is 5.93. The molecule has 23 heavy (non-hydrogen) atoms. The highest BCUT2D eigenvalue weighted by Crippen LogP contribution is 2.17. The van der Waals surface area contributed by atoms with Gasteiger partial charge in [0, 0.05) is 19.0 Å². The Bertz CT molecular complexity index is 529. The maximum absolute atomic E-state index is 12.4. The number of methoxy groups -OCH3 is 1. The zero-order valence-corrected chi connectivity index (χ0v) is 14.8. The lowest BCUT2D eigenvalue weighted by Crippen LogP contribution is -2.49. The minimum absolute atomic E-state index is 0.0123. The molecule has 0 aromatic heterocycles. The summed E-state index contributed by atoms with van der Waals surface area (Å²) in [5.41, 5.74) is 0.943. The van der Waals surface area contributed by atoms with E-state index in [1.54, 1.807) is 18.9 Å². The molecule has 2 amide bonds. The molecule has 5 heteroatoms. The van der Waals surface area contributed by atoms with Gasteiger partial charge in [-0.25, -0.2) is 0 Å². The molecule has 0 unspecified atom stereocenters. The highest BCUT2D eigenvalue weighted by molar-refractivity contribution is 5.87. The van der Waals surface area contributed by atoms with Crippen LogP contribution in [0.5, 0.6) is 5.75 Å². The minimum atomic E-state index is -0.511. The van der Waals surface area contributed by atoms with Crippen LogP contribution in [0.25, 0.3) is 0 Å². The minimum Gasteiger partial charge on any atom is -0.497 e. The van der Waals surface area contributed by atoms with E-state index in [0.717, 1.165) is 17.7 Å². The van der Waals surface area contributed by atoms with Gasteiger partial charge in [0.05, 0.1) is 7.11 Å². The standard InChI is InChI=1S/C18H28N2O3/c1-6-8-17(21)20(14(4)18(22)19-13(2)3)12-15-9-7-10-16(11-15)23-5/h7,9-11,13-14H,6,8,12H2,1-5H3,(H,19,22)/t14-/m1/s1. The number of nitrogens with zero attached hydrogens (tertiary/aromatic N) is 1. The Morgan fingerprint density at radius 1 is 1.26 bits per heavy atom. The van der Waals surface area contributed by atoms with Crippen molar-refractivity contribution in [2.24, 2.45) is 0 Å². The van der Waals surface area contributed by atoms with Crippen molar-refractivity contribution in [1.82, 2.24) is 10.2 Å². The van der Waals surface area contributed by atoms with Crippen molar-refractivity contribution in [2.45, 2.75) is 59.2 Å². The van der Waals surface area contributed by atoms with Gasteiger partial charge in [0.15, 0.2) is 0 Å². The number of carbonyl (C=O) groups is 2. The van der Waals surface area contributed by atoms with Gasteiger partial charge in [-0.3, -0.25) is 9.59 Å². The maximum atomic E-state index is 12.4. The SMILES string of the molecule is CCCC(=O)N(Cc1cccc(OC)c1)[C@H](C)C(=O)NC(C)C. The summed E-state index contributed by atoms with van der Waals surface area (Å²) < 4.78 is 5.22. The second-order valence-electron chi connectivity index (χ2n) is 5.96. The van der Waals surface area contributed by atoms with Crippen LogP contribution in [0.4, 0.5) is 0 Å². The van der Waals surface area contributed by atoms with E-state index in [2.05, 4.69) is 5.32 Å². The van der Waals surface area contributed by atoms with Crippen molar-refractivity contribution in [3.63, 3.8) is 0 Å². The van der Waals surface area contributed by atoms with E-state index in [1.165, 1.54) is 0 Å². The summed E-state index contributed by atoms with van der Waals surface area (Å²) in [7, 11) is 1.61. The molecule has 0 radical (unpaired) electrons. The van der Waals surface area contributed by atoms with Crippen molar-refractivity contribution in [2.75, 3.05) is 7.11 Å². The molecule has 0 saturated heterocycles. The fourth-order valence-corrected chi connectivity index (χ4v) is 2.31. The topological polar surface area (TPSA) is 58.6 Å². The lowest BCUT2D eigenvalue weighted by molar-refractivity contribution is -0.140. The van der Waals surface area contributed by atoms with Crippen LogP contribution in [-0.2, 0) is 16.1 Å². The monoisotopic (exact) mass is 320 g/mol. The number of rotatable bonds is 8. The van der Waals surface area contributed by atoms with Gasteiger partial charge in [0.2, 0.25) is 11.8 Å². The summed E-state index contributed by atoms with van der Waals surface area (Å²) in [6, 6.07) is 7.10. The average Bonchev–Trinajstić information content (AvgIpc) is 2.51. The second-order valence-corrected chi connectivity index (χ2v) is 5.96. The van der Waals surface area contributed by atoms with Gasteiger partial charge in [-0.05, 0) is 44.9 Å². The average molecular weight is 320 g/mol. The molecule has 0 aliphatic rings. The fraction of sp³-hybridized carbons (Fsp3) is 0.556. The quantitative estimate of drug-likeness (QED) is 0.801. The molecule has 1 N–H and O–H groups in total. The second kappa shape index (κ2) is 9.18. The van der Waals surface area contributed by atoms with Gasteiger partial charge in [-0.2, -0.15) is 0 Å². The summed E-state index contributed by atoms with van der Waals surface area (Å²) in [6.45, 7) is 7.93. The Balaban J connectivity index is 2.95. The van der Waals surface area contributed by atoms with Gasteiger partial charge in [-0.15, -0.1) is 0 Å². The Labute approximate surface area is 139 Å². The zero-order valence-electron chi connectivity index (χ0n) is 14.8. The smallest absolute Gasteiger partial charge is 0.242 e. The molecule has 0 fully saturated rings. The molecular formula is C18H28N2O3. The summed E-state index contributed by atoms with van der Waals surface area (Å²) in [5.74, 6) is 0.596. The van der Waals surface area contributed by atoms with Gasteiger partial charge in [0.25, 0.3) is 0 Å². The van der Waals surface area contributed by atoms with E-state index < -0.39 is 6.04 Å². The summed E-state index contributed by atoms with van der Waals surface area (Å²) in [6.07, 6.45) is 1.19. The van der Waals surface area contributed by atoms with Crippen molar-refractivity contribution < 1.29 is 14.3 Å². The fourth-order valence-electron chi connectivity index (χ4n) is 2.31. The number of carbonyl (C=O) groups excluding carboxylic acids is 2. The number of hydrogen-bond donors (Lipinski definition) is 1. The molecule has 5 nitrogen and oxygen atoms in total. The van der Waals surface area contributed by atoms with Crippen molar-refractivity contribution in [1.29, 1.82) is 0 Å². The Morgan fingerprint density at radius 3 is 2.52 bits per heavy atom. The first-order valence-corrected chi connectivity index (χ1v) is 8.11. The van der Waals surface area contributed by atoms with E-state index in [1.807, 2.05) is 45.0 Å². The number of ether oxygens (including phenoxy) is 1. The molecule has 128 valence electrons. The van der Waals surface area contributed by atoms with Crippen LogP contribution in [0.1, 0.15) is 46.1 Å². The molecular weight excluding hydrogens is 292 g/mol.